The number of amides is 1. The molecule has 146 valence electrons. The quantitative estimate of drug-likeness (QED) is 0.670. The maximum atomic E-state index is 12.9. The van der Waals surface area contributed by atoms with Crippen LogP contribution in [-0.4, -0.2) is 26.6 Å². The number of aromatic nitrogens is 3. The number of carbonyl (C=O) groups is 1. The number of para-hydroxylation sites is 1. The molecule has 28 heavy (non-hydrogen) atoms. The van der Waals surface area contributed by atoms with E-state index in [1.807, 2.05) is 41.7 Å². The Labute approximate surface area is 163 Å². The summed E-state index contributed by atoms with van der Waals surface area (Å²) in [4.78, 5) is 25.3. The van der Waals surface area contributed by atoms with Crippen molar-refractivity contribution in [3.8, 4) is 0 Å². The highest BCUT2D eigenvalue weighted by Crippen LogP contribution is 2.20. The second kappa shape index (κ2) is 8.00. The molecular formula is C22H26N4O2. The number of allylic oxidation sites excluding steroid dienone is 1. The molecule has 0 bridgehead atoms. The molecule has 1 N–H and O–H groups in total. The molecule has 1 aliphatic rings. The zero-order valence-electron chi connectivity index (χ0n) is 16.3. The molecule has 6 nitrogen and oxygen atoms in total. The summed E-state index contributed by atoms with van der Waals surface area (Å²) in [6.07, 6.45) is 8.64. The van der Waals surface area contributed by atoms with E-state index in [1.165, 1.54) is 23.1 Å². The molecule has 0 saturated heterocycles. The average molecular weight is 378 g/mol. The SMILES string of the molecule is CCc1nn(CC(=O)NCCC2=CCCCC2)c(=O)c2cc3ccccc3n12. The van der Waals surface area contributed by atoms with E-state index in [1.54, 1.807) is 0 Å². The number of carbonyl (C=O) groups excluding carboxylic acids is 1. The van der Waals surface area contributed by atoms with Crippen molar-refractivity contribution in [3.05, 3.63) is 58.2 Å². The molecule has 3 aromatic rings. The topological polar surface area (TPSA) is 68.4 Å². The highest BCUT2D eigenvalue weighted by Gasteiger charge is 2.15. The van der Waals surface area contributed by atoms with Gasteiger partial charge in [0, 0.05) is 18.4 Å². The van der Waals surface area contributed by atoms with E-state index < -0.39 is 0 Å². The second-order valence-corrected chi connectivity index (χ2v) is 7.36. The molecule has 6 heteroatoms. The van der Waals surface area contributed by atoms with E-state index in [9.17, 15) is 9.59 Å². The fraction of sp³-hybridized carbons (Fsp3) is 0.409. The van der Waals surface area contributed by atoms with Crippen molar-refractivity contribution in [3.63, 3.8) is 0 Å². The van der Waals surface area contributed by atoms with E-state index in [2.05, 4.69) is 16.5 Å². The Morgan fingerprint density at radius 2 is 2.07 bits per heavy atom. The molecule has 1 aliphatic carbocycles. The van der Waals surface area contributed by atoms with Crippen molar-refractivity contribution >= 4 is 22.3 Å². The molecule has 0 saturated carbocycles. The molecule has 2 aromatic heterocycles. The van der Waals surface area contributed by atoms with Crippen LogP contribution in [0, 0.1) is 0 Å². The van der Waals surface area contributed by atoms with Crippen LogP contribution in [0.3, 0.4) is 0 Å². The van der Waals surface area contributed by atoms with Crippen molar-refractivity contribution in [2.24, 2.45) is 0 Å². The zero-order valence-corrected chi connectivity index (χ0v) is 16.3. The molecule has 0 atom stereocenters. The largest absolute Gasteiger partial charge is 0.354 e. The van der Waals surface area contributed by atoms with Crippen molar-refractivity contribution in [1.29, 1.82) is 0 Å². The van der Waals surface area contributed by atoms with Gasteiger partial charge in [-0.15, -0.1) is 0 Å². The smallest absolute Gasteiger partial charge is 0.291 e. The van der Waals surface area contributed by atoms with E-state index in [0.717, 1.165) is 36.0 Å². The number of nitrogens with zero attached hydrogens (tertiary/aromatic N) is 3. The molecule has 0 aliphatic heterocycles. The molecule has 2 heterocycles. The third-order valence-electron chi connectivity index (χ3n) is 5.42. The lowest BCUT2D eigenvalue weighted by Crippen LogP contribution is -2.35. The van der Waals surface area contributed by atoms with Gasteiger partial charge in [0.1, 0.15) is 17.9 Å². The standard InChI is InChI=1S/C22H26N4O2/c1-2-20-24-25(15-21(27)23-13-12-16-8-4-3-5-9-16)22(28)19-14-17-10-6-7-11-18(17)26(19)20/h6-8,10-11,14H,2-5,9,12-13,15H2,1H3,(H,23,27). The first-order valence-corrected chi connectivity index (χ1v) is 10.1. The number of hydrogen-bond acceptors (Lipinski definition) is 3. The van der Waals surface area contributed by atoms with Crippen LogP contribution in [0.4, 0.5) is 0 Å². The predicted octanol–water partition coefficient (Wildman–Crippen LogP) is 3.22. The predicted molar refractivity (Wildman–Crippen MR) is 111 cm³/mol. The van der Waals surface area contributed by atoms with Gasteiger partial charge >= 0.3 is 0 Å². The number of hydrogen-bond donors (Lipinski definition) is 1. The normalized spacial score (nSPS) is 14.4. The lowest BCUT2D eigenvalue weighted by Gasteiger charge is -2.13. The summed E-state index contributed by atoms with van der Waals surface area (Å²) in [6, 6.07) is 9.75. The molecule has 1 amide bonds. The summed E-state index contributed by atoms with van der Waals surface area (Å²) in [6.45, 7) is 2.56. The maximum Gasteiger partial charge on any atom is 0.291 e. The molecule has 0 spiro atoms. The lowest BCUT2D eigenvalue weighted by molar-refractivity contribution is -0.121. The summed E-state index contributed by atoms with van der Waals surface area (Å²) in [5.41, 5.74) is 2.72. The van der Waals surface area contributed by atoms with Crippen LogP contribution in [0.2, 0.25) is 0 Å². The minimum Gasteiger partial charge on any atom is -0.354 e. The van der Waals surface area contributed by atoms with E-state index in [0.29, 0.717) is 18.5 Å². The van der Waals surface area contributed by atoms with Crippen LogP contribution in [-0.2, 0) is 17.8 Å². The van der Waals surface area contributed by atoms with Gasteiger partial charge in [0.25, 0.3) is 5.56 Å². The van der Waals surface area contributed by atoms with E-state index in [4.69, 9.17) is 0 Å². The fourth-order valence-electron chi connectivity index (χ4n) is 3.97. The van der Waals surface area contributed by atoms with Crippen LogP contribution in [0.25, 0.3) is 16.4 Å². The number of rotatable bonds is 6. The Kier molecular flexibility index (Phi) is 5.28. The minimum atomic E-state index is -0.237. The Morgan fingerprint density at radius 1 is 1.21 bits per heavy atom. The first kappa shape index (κ1) is 18.5. The summed E-state index contributed by atoms with van der Waals surface area (Å²) in [7, 11) is 0. The first-order chi connectivity index (χ1) is 13.7. The number of fused-ring (bicyclic) bond motifs is 3. The Morgan fingerprint density at radius 3 is 2.86 bits per heavy atom. The Hall–Kier alpha value is -2.89. The van der Waals surface area contributed by atoms with Crippen LogP contribution < -0.4 is 10.9 Å². The first-order valence-electron chi connectivity index (χ1n) is 10.1. The van der Waals surface area contributed by atoms with Gasteiger partial charge in [0.05, 0.1) is 5.52 Å². The number of nitrogens with one attached hydrogen (secondary N) is 1. The summed E-state index contributed by atoms with van der Waals surface area (Å²) >= 11 is 0. The average Bonchev–Trinajstić information content (AvgIpc) is 3.11. The zero-order chi connectivity index (χ0) is 19.5. The molecule has 0 radical (unpaired) electrons. The van der Waals surface area contributed by atoms with Crippen molar-refractivity contribution in [2.75, 3.05) is 6.54 Å². The third-order valence-corrected chi connectivity index (χ3v) is 5.42. The van der Waals surface area contributed by atoms with Gasteiger partial charge in [0.2, 0.25) is 5.91 Å². The number of benzene rings is 1. The van der Waals surface area contributed by atoms with Crippen LogP contribution in [0.5, 0.6) is 0 Å². The molecule has 0 fully saturated rings. The van der Waals surface area contributed by atoms with Crippen molar-refractivity contribution in [1.82, 2.24) is 19.5 Å². The number of aryl methyl sites for hydroxylation is 1. The van der Waals surface area contributed by atoms with Gasteiger partial charge in [-0.25, -0.2) is 4.68 Å². The Bertz CT molecular complexity index is 1110. The fourth-order valence-corrected chi connectivity index (χ4v) is 3.97. The lowest BCUT2D eigenvalue weighted by atomic mass is 9.97. The van der Waals surface area contributed by atoms with Gasteiger partial charge in [-0.3, -0.25) is 14.0 Å². The van der Waals surface area contributed by atoms with Gasteiger partial charge in [-0.05, 0) is 44.2 Å². The van der Waals surface area contributed by atoms with E-state index in [-0.39, 0.29) is 18.0 Å². The maximum absolute atomic E-state index is 12.9. The molecular weight excluding hydrogens is 352 g/mol. The second-order valence-electron chi connectivity index (χ2n) is 7.36. The molecule has 0 unspecified atom stereocenters. The van der Waals surface area contributed by atoms with Crippen LogP contribution >= 0.6 is 0 Å². The third kappa shape index (κ3) is 3.59. The van der Waals surface area contributed by atoms with Gasteiger partial charge in [-0.2, -0.15) is 5.10 Å². The minimum absolute atomic E-state index is 0.0527. The summed E-state index contributed by atoms with van der Waals surface area (Å²) in [5.74, 6) is 0.601. The summed E-state index contributed by atoms with van der Waals surface area (Å²) < 4.78 is 3.20. The van der Waals surface area contributed by atoms with Crippen molar-refractivity contribution < 1.29 is 4.79 Å². The Balaban J connectivity index is 1.54. The van der Waals surface area contributed by atoms with Crippen molar-refractivity contribution in [2.45, 2.75) is 52.0 Å². The van der Waals surface area contributed by atoms with Crippen LogP contribution in [0.1, 0.15) is 44.9 Å². The summed E-state index contributed by atoms with van der Waals surface area (Å²) in [5, 5.41) is 8.40. The van der Waals surface area contributed by atoms with Gasteiger partial charge in [-0.1, -0.05) is 36.8 Å². The monoisotopic (exact) mass is 378 g/mol. The highest BCUT2D eigenvalue weighted by molar-refractivity contribution is 5.87. The van der Waals surface area contributed by atoms with Crippen LogP contribution in [0.15, 0.2) is 46.8 Å². The van der Waals surface area contributed by atoms with Gasteiger partial charge < -0.3 is 5.32 Å². The molecule has 4 rings (SSSR count). The molecule has 1 aromatic carbocycles. The van der Waals surface area contributed by atoms with Gasteiger partial charge in [0.15, 0.2) is 0 Å². The van der Waals surface area contributed by atoms with E-state index >= 15 is 0 Å². The highest BCUT2D eigenvalue weighted by atomic mass is 16.2.